The van der Waals surface area contributed by atoms with Crippen molar-refractivity contribution in [3.8, 4) is 22.9 Å². The molecule has 3 N–H and O–H groups in total. The lowest BCUT2D eigenvalue weighted by atomic mass is 9.89. The average molecular weight is 492 g/mol. The maximum Gasteiger partial charge on any atom is 0.240 e. The number of fused-ring (bicyclic) bond motifs is 1. The first-order valence-corrected chi connectivity index (χ1v) is 12.4. The van der Waals surface area contributed by atoms with Gasteiger partial charge in [-0.1, -0.05) is 0 Å². The highest BCUT2D eigenvalue weighted by Crippen LogP contribution is 2.40. The second kappa shape index (κ2) is 10.0. The number of aryl methyl sites for hydroxylation is 1. The summed E-state index contributed by atoms with van der Waals surface area (Å²) >= 11 is 0. The second-order valence-corrected chi connectivity index (χ2v) is 9.27. The van der Waals surface area contributed by atoms with E-state index in [2.05, 4.69) is 27.3 Å². The van der Waals surface area contributed by atoms with Gasteiger partial charge >= 0.3 is 0 Å². The monoisotopic (exact) mass is 491 g/mol. The van der Waals surface area contributed by atoms with Gasteiger partial charge < -0.3 is 34.7 Å². The Morgan fingerprint density at radius 3 is 2.44 bits per heavy atom. The summed E-state index contributed by atoms with van der Waals surface area (Å²) in [5.41, 5.74) is 11.3. The number of imidazole rings is 1. The molecule has 9 heteroatoms. The Bertz CT molecular complexity index is 1250. The molecule has 0 bridgehead atoms. The molecule has 1 saturated heterocycles. The minimum atomic E-state index is -0.260. The predicted molar refractivity (Wildman–Crippen MR) is 139 cm³/mol. The van der Waals surface area contributed by atoms with Crippen LogP contribution in [0.5, 0.6) is 17.2 Å². The summed E-state index contributed by atoms with van der Waals surface area (Å²) < 4.78 is 18.4. The standard InChI is InChI=1S/C27H33N5O4/c1-34-23-13-18(14-24(35-2)26(23)36-3)31-15-25(29-16-31)30-21-12-19(11-17-7-4-5-8-20(17)21)32-10-6-9-22(32)27(28)33/h11-16,22,30H,4-10H2,1-3H3,(H2,28,33)/t22-/m0/s1. The third-order valence-electron chi connectivity index (χ3n) is 7.16. The highest BCUT2D eigenvalue weighted by atomic mass is 16.5. The Morgan fingerprint density at radius 2 is 1.75 bits per heavy atom. The molecule has 9 nitrogen and oxygen atoms in total. The molecule has 0 spiro atoms. The Balaban J connectivity index is 1.48. The van der Waals surface area contributed by atoms with Crippen LogP contribution in [0.25, 0.3) is 5.69 Å². The fourth-order valence-corrected chi connectivity index (χ4v) is 5.38. The molecule has 1 amide bonds. The maximum atomic E-state index is 12.0. The molecule has 0 saturated carbocycles. The van der Waals surface area contributed by atoms with Gasteiger partial charge in [0.1, 0.15) is 18.2 Å². The molecule has 190 valence electrons. The van der Waals surface area contributed by atoms with E-state index in [-0.39, 0.29) is 11.9 Å². The van der Waals surface area contributed by atoms with Crippen molar-refractivity contribution in [1.29, 1.82) is 0 Å². The summed E-state index contributed by atoms with van der Waals surface area (Å²) in [4.78, 5) is 18.8. The lowest BCUT2D eigenvalue weighted by molar-refractivity contribution is -0.119. The van der Waals surface area contributed by atoms with Crippen LogP contribution >= 0.6 is 0 Å². The summed E-state index contributed by atoms with van der Waals surface area (Å²) in [5.74, 6) is 2.16. The summed E-state index contributed by atoms with van der Waals surface area (Å²) in [5, 5.41) is 3.55. The van der Waals surface area contributed by atoms with Gasteiger partial charge in [0.05, 0.1) is 33.2 Å². The topological polar surface area (TPSA) is 104 Å². The first kappa shape index (κ1) is 23.8. The second-order valence-electron chi connectivity index (χ2n) is 9.27. The number of methoxy groups -OCH3 is 3. The molecule has 1 aliphatic heterocycles. The number of nitrogens with two attached hydrogens (primary N) is 1. The normalized spacial score (nSPS) is 17.0. The van der Waals surface area contributed by atoms with Crippen LogP contribution in [-0.2, 0) is 17.6 Å². The van der Waals surface area contributed by atoms with Gasteiger partial charge in [0.2, 0.25) is 11.7 Å². The van der Waals surface area contributed by atoms with Crippen LogP contribution in [0, 0.1) is 0 Å². The molecule has 2 aliphatic rings. The van der Waals surface area contributed by atoms with Gasteiger partial charge in [-0.25, -0.2) is 4.98 Å². The van der Waals surface area contributed by atoms with E-state index in [0.29, 0.717) is 17.2 Å². The lowest BCUT2D eigenvalue weighted by Gasteiger charge is -2.28. The van der Waals surface area contributed by atoms with Crippen molar-refractivity contribution in [3.05, 3.63) is 47.9 Å². The van der Waals surface area contributed by atoms with Gasteiger partial charge in [-0.05, 0) is 61.8 Å². The number of carbonyl (C=O) groups is 1. The summed E-state index contributed by atoms with van der Waals surface area (Å²) in [6.45, 7) is 0.835. The molecule has 1 aromatic heterocycles. The van der Waals surface area contributed by atoms with Crippen LogP contribution < -0.4 is 30.2 Å². The first-order chi connectivity index (χ1) is 17.5. The van der Waals surface area contributed by atoms with Gasteiger partial charge in [0.25, 0.3) is 0 Å². The molecule has 1 fully saturated rings. The number of primary amides is 1. The van der Waals surface area contributed by atoms with E-state index in [1.54, 1.807) is 27.7 Å². The molecule has 5 rings (SSSR count). The van der Waals surface area contributed by atoms with E-state index in [1.165, 1.54) is 17.5 Å². The Kier molecular flexibility index (Phi) is 6.63. The van der Waals surface area contributed by atoms with Crippen molar-refractivity contribution >= 4 is 23.1 Å². The number of nitrogens with one attached hydrogen (secondary N) is 1. The Morgan fingerprint density at radius 1 is 1.00 bits per heavy atom. The molecular weight excluding hydrogens is 458 g/mol. The molecule has 0 radical (unpaired) electrons. The zero-order valence-corrected chi connectivity index (χ0v) is 21.0. The lowest BCUT2D eigenvalue weighted by Crippen LogP contribution is -2.40. The van der Waals surface area contributed by atoms with Crippen LogP contribution in [0.4, 0.5) is 17.2 Å². The number of benzene rings is 2. The third-order valence-corrected chi connectivity index (χ3v) is 7.16. The minimum absolute atomic E-state index is 0.251. The third kappa shape index (κ3) is 4.41. The number of ether oxygens (including phenoxy) is 3. The van der Waals surface area contributed by atoms with Gasteiger partial charge in [0, 0.05) is 30.1 Å². The van der Waals surface area contributed by atoms with Crippen molar-refractivity contribution in [1.82, 2.24) is 9.55 Å². The molecule has 2 heterocycles. The molecule has 1 aliphatic carbocycles. The molecular formula is C27H33N5O4. The largest absolute Gasteiger partial charge is 0.493 e. The van der Waals surface area contributed by atoms with Crippen molar-refractivity contribution in [2.45, 2.75) is 44.6 Å². The zero-order valence-electron chi connectivity index (χ0n) is 21.0. The molecule has 3 aromatic rings. The molecule has 2 aromatic carbocycles. The fraction of sp³-hybridized carbons (Fsp3) is 0.407. The highest BCUT2D eigenvalue weighted by molar-refractivity contribution is 5.85. The van der Waals surface area contributed by atoms with E-state index in [9.17, 15) is 4.79 Å². The number of aromatic nitrogens is 2. The van der Waals surface area contributed by atoms with Crippen molar-refractivity contribution in [3.63, 3.8) is 0 Å². The minimum Gasteiger partial charge on any atom is -0.493 e. The molecule has 0 unspecified atom stereocenters. The van der Waals surface area contributed by atoms with Crippen molar-refractivity contribution in [2.75, 3.05) is 38.1 Å². The number of rotatable bonds is 8. The zero-order chi connectivity index (χ0) is 25.2. The Hall–Kier alpha value is -3.88. The Labute approximate surface area is 211 Å². The van der Waals surface area contributed by atoms with Crippen LogP contribution in [0.1, 0.15) is 36.8 Å². The molecule has 36 heavy (non-hydrogen) atoms. The van der Waals surface area contributed by atoms with Gasteiger partial charge in [-0.15, -0.1) is 0 Å². The van der Waals surface area contributed by atoms with E-state index in [0.717, 1.165) is 61.5 Å². The van der Waals surface area contributed by atoms with Gasteiger partial charge in [-0.3, -0.25) is 4.79 Å². The SMILES string of the molecule is COc1cc(-n2cnc(Nc3cc(N4CCC[C@H]4C(N)=O)cc4c3CCCC4)c2)cc(OC)c1OC. The summed E-state index contributed by atoms with van der Waals surface area (Å²) in [6, 6.07) is 7.90. The number of nitrogens with zero attached hydrogens (tertiary/aromatic N) is 3. The molecule has 1 atom stereocenters. The quantitative estimate of drug-likeness (QED) is 0.491. The number of anilines is 3. The van der Waals surface area contributed by atoms with E-state index in [1.807, 2.05) is 22.9 Å². The van der Waals surface area contributed by atoms with E-state index in [4.69, 9.17) is 19.9 Å². The number of hydrogen-bond donors (Lipinski definition) is 2. The van der Waals surface area contributed by atoms with Gasteiger partial charge in [0.15, 0.2) is 11.5 Å². The van der Waals surface area contributed by atoms with Crippen molar-refractivity contribution < 1.29 is 19.0 Å². The summed E-state index contributed by atoms with van der Waals surface area (Å²) in [7, 11) is 4.78. The first-order valence-electron chi connectivity index (χ1n) is 12.4. The summed E-state index contributed by atoms with van der Waals surface area (Å²) in [6.07, 6.45) is 9.84. The van der Waals surface area contributed by atoms with Crippen molar-refractivity contribution in [2.24, 2.45) is 5.73 Å². The van der Waals surface area contributed by atoms with Crippen LogP contribution in [0.15, 0.2) is 36.8 Å². The van der Waals surface area contributed by atoms with Crippen LogP contribution in [0.2, 0.25) is 0 Å². The van der Waals surface area contributed by atoms with Gasteiger partial charge in [-0.2, -0.15) is 0 Å². The fourth-order valence-electron chi connectivity index (χ4n) is 5.38. The van der Waals surface area contributed by atoms with Crippen LogP contribution in [-0.4, -0.2) is 49.4 Å². The van der Waals surface area contributed by atoms with E-state index < -0.39 is 0 Å². The number of carbonyl (C=O) groups excluding carboxylic acids is 1. The average Bonchev–Trinajstić information content (AvgIpc) is 3.58. The highest BCUT2D eigenvalue weighted by Gasteiger charge is 2.30. The van der Waals surface area contributed by atoms with Crippen LogP contribution in [0.3, 0.4) is 0 Å². The van der Waals surface area contributed by atoms with E-state index >= 15 is 0 Å². The number of amides is 1. The predicted octanol–water partition coefficient (Wildman–Crippen LogP) is 3.97. The maximum absolute atomic E-state index is 12.0. The number of hydrogen-bond acceptors (Lipinski definition) is 7. The smallest absolute Gasteiger partial charge is 0.240 e.